The van der Waals surface area contributed by atoms with Gasteiger partial charge in [-0.3, -0.25) is 0 Å². The summed E-state index contributed by atoms with van der Waals surface area (Å²) >= 11 is 0. The summed E-state index contributed by atoms with van der Waals surface area (Å²) in [5, 5.41) is 0. The second kappa shape index (κ2) is 13.3. The molecule has 1 atom stereocenters. The van der Waals surface area contributed by atoms with Gasteiger partial charge in [0.25, 0.3) is 0 Å². The number of rotatable bonds is 12. The van der Waals surface area contributed by atoms with Gasteiger partial charge in [-0.1, -0.05) is 83.8 Å². The number of benzene rings is 1. The summed E-state index contributed by atoms with van der Waals surface area (Å²) < 4.78 is 32.7. The van der Waals surface area contributed by atoms with Gasteiger partial charge in [-0.15, -0.1) is 0 Å². The van der Waals surface area contributed by atoms with Crippen molar-refractivity contribution in [1.29, 1.82) is 0 Å². The first kappa shape index (κ1) is 24.1. The summed E-state index contributed by atoms with van der Waals surface area (Å²) in [6.07, 6.45) is 12.8. The van der Waals surface area contributed by atoms with Crippen LogP contribution in [0.5, 0.6) is 0 Å². The Morgan fingerprint density at radius 1 is 0.917 bits per heavy atom. The first-order valence-corrected chi connectivity index (χ1v) is 10.4. The largest absolute Gasteiger partial charge is 1.00 e. The van der Waals surface area contributed by atoms with Gasteiger partial charge in [-0.05, 0) is 30.0 Å². The van der Waals surface area contributed by atoms with E-state index in [-0.39, 0.29) is 34.5 Å². The Hall–Kier alpha value is 0.130. The Kier molecular flexibility index (Phi) is 13.4. The zero-order valence-electron chi connectivity index (χ0n) is 15.6. The third kappa shape index (κ3) is 10.9. The molecule has 0 radical (unpaired) electrons. The van der Waals surface area contributed by atoms with Crippen LogP contribution < -0.4 is 29.6 Å². The van der Waals surface area contributed by atoms with Crippen LogP contribution in [0.25, 0.3) is 0 Å². The van der Waals surface area contributed by atoms with Gasteiger partial charge in [0.15, 0.2) is 0 Å². The molecule has 1 aromatic rings. The van der Waals surface area contributed by atoms with Crippen LogP contribution in [-0.2, 0) is 16.5 Å². The van der Waals surface area contributed by atoms with Gasteiger partial charge in [0.2, 0.25) is 0 Å². The molecule has 0 aliphatic rings. The molecule has 1 rings (SSSR count). The van der Waals surface area contributed by atoms with Crippen LogP contribution in [0.15, 0.2) is 29.2 Å². The molecule has 0 amide bonds. The molecule has 0 aliphatic carbocycles. The molecule has 132 valence electrons. The van der Waals surface area contributed by atoms with E-state index in [1.807, 2.05) is 0 Å². The average Bonchev–Trinajstić information content (AvgIpc) is 2.49. The molecule has 0 N–H and O–H groups in total. The molecular weight excluding hydrogens is 331 g/mol. The Bertz CT molecular complexity index is 526. The van der Waals surface area contributed by atoms with Crippen molar-refractivity contribution in [1.82, 2.24) is 0 Å². The fourth-order valence-electron chi connectivity index (χ4n) is 2.92. The molecule has 5 heteroatoms. The van der Waals surface area contributed by atoms with Crippen LogP contribution in [0.4, 0.5) is 0 Å². The average molecular weight is 363 g/mol. The van der Waals surface area contributed by atoms with Crippen LogP contribution in [0.2, 0.25) is 0 Å². The van der Waals surface area contributed by atoms with Crippen molar-refractivity contribution in [3.05, 3.63) is 29.8 Å². The zero-order valence-corrected chi connectivity index (χ0v) is 18.4. The predicted molar refractivity (Wildman–Crippen MR) is 94.5 cm³/mol. The standard InChI is InChI=1S/C19H32O3S.Na/c1-3-4-5-6-7-8-9-10-11-17(2)16-18-12-14-19(15-13-18)23(20,21)22;/h12-15,17H,3-11,16H2,1-2H3,(H,20,21,22);/q;+1/p-1. The van der Waals surface area contributed by atoms with Crippen molar-refractivity contribution in [3.63, 3.8) is 0 Å². The summed E-state index contributed by atoms with van der Waals surface area (Å²) in [5.41, 5.74) is 1.10. The molecule has 3 nitrogen and oxygen atoms in total. The van der Waals surface area contributed by atoms with Crippen LogP contribution in [0.3, 0.4) is 0 Å². The van der Waals surface area contributed by atoms with Crippen LogP contribution >= 0.6 is 0 Å². The number of unbranched alkanes of at least 4 members (excludes halogenated alkanes) is 7. The third-order valence-corrected chi connectivity index (χ3v) is 5.20. The minimum absolute atomic E-state index is 0. The van der Waals surface area contributed by atoms with Crippen LogP contribution in [0.1, 0.15) is 77.2 Å². The van der Waals surface area contributed by atoms with Gasteiger partial charge in [-0.25, -0.2) is 8.42 Å². The van der Waals surface area contributed by atoms with Crippen LogP contribution in [0, 0.1) is 5.92 Å². The third-order valence-electron chi connectivity index (χ3n) is 4.35. The maximum Gasteiger partial charge on any atom is 1.00 e. The zero-order chi connectivity index (χ0) is 17.1. The summed E-state index contributed by atoms with van der Waals surface area (Å²) in [4.78, 5) is -0.142. The van der Waals surface area contributed by atoms with Crippen molar-refractivity contribution in [3.8, 4) is 0 Å². The maximum absolute atomic E-state index is 10.9. The Morgan fingerprint density at radius 3 is 1.92 bits per heavy atom. The number of hydrogen-bond acceptors (Lipinski definition) is 3. The van der Waals surface area contributed by atoms with Crippen molar-refractivity contribution in [2.24, 2.45) is 5.92 Å². The van der Waals surface area contributed by atoms with Crippen LogP contribution in [-0.4, -0.2) is 13.0 Å². The summed E-state index contributed by atoms with van der Waals surface area (Å²) in [7, 11) is -4.33. The van der Waals surface area contributed by atoms with E-state index in [9.17, 15) is 13.0 Å². The maximum atomic E-state index is 10.9. The monoisotopic (exact) mass is 362 g/mol. The molecule has 1 aromatic carbocycles. The molecule has 0 spiro atoms. The van der Waals surface area contributed by atoms with E-state index in [0.717, 1.165) is 12.0 Å². The van der Waals surface area contributed by atoms with E-state index in [1.54, 1.807) is 12.1 Å². The topological polar surface area (TPSA) is 57.2 Å². The molecule has 24 heavy (non-hydrogen) atoms. The second-order valence-corrected chi connectivity index (χ2v) is 8.05. The summed E-state index contributed by atoms with van der Waals surface area (Å²) in [6, 6.07) is 6.35. The Morgan fingerprint density at radius 2 is 1.42 bits per heavy atom. The first-order valence-electron chi connectivity index (χ1n) is 8.98. The fraction of sp³-hybridized carbons (Fsp3) is 0.684. The van der Waals surface area contributed by atoms with Gasteiger partial charge >= 0.3 is 29.6 Å². The molecule has 0 bridgehead atoms. The Labute approximate surface area is 170 Å². The summed E-state index contributed by atoms with van der Waals surface area (Å²) in [5.74, 6) is 0.588. The normalized spacial score (nSPS) is 12.6. The predicted octanol–water partition coefficient (Wildman–Crippen LogP) is 2.30. The molecule has 0 saturated heterocycles. The van der Waals surface area contributed by atoms with E-state index < -0.39 is 10.1 Å². The van der Waals surface area contributed by atoms with Gasteiger partial charge in [0, 0.05) is 0 Å². The van der Waals surface area contributed by atoms with E-state index >= 15 is 0 Å². The number of hydrogen-bond donors (Lipinski definition) is 0. The molecule has 0 aromatic heterocycles. The van der Waals surface area contributed by atoms with E-state index in [2.05, 4.69) is 13.8 Å². The van der Waals surface area contributed by atoms with Crippen molar-refractivity contribution in [2.45, 2.75) is 83.0 Å². The molecule has 0 saturated carbocycles. The minimum Gasteiger partial charge on any atom is -0.744 e. The quantitative estimate of drug-likeness (QED) is 0.326. The van der Waals surface area contributed by atoms with Crippen molar-refractivity contribution >= 4 is 10.1 Å². The van der Waals surface area contributed by atoms with Gasteiger partial charge < -0.3 is 4.55 Å². The molecular formula is C19H31NaO3S. The second-order valence-electron chi connectivity index (χ2n) is 6.67. The molecule has 0 fully saturated rings. The molecule has 0 heterocycles. The molecule has 1 unspecified atom stereocenters. The van der Waals surface area contributed by atoms with E-state index in [4.69, 9.17) is 0 Å². The van der Waals surface area contributed by atoms with E-state index in [0.29, 0.717) is 5.92 Å². The molecule has 0 aliphatic heterocycles. The van der Waals surface area contributed by atoms with E-state index in [1.165, 1.54) is 69.9 Å². The Balaban J connectivity index is 0.00000529. The fourth-order valence-corrected chi connectivity index (χ4v) is 3.39. The smallest absolute Gasteiger partial charge is 0.744 e. The van der Waals surface area contributed by atoms with Crippen molar-refractivity contribution < 1.29 is 42.5 Å². The van der Waals surface area contributed by atoms with Gasteiger partial charge in [0.05, 0.1) is 4.90 Å². The van der Waals surface area contributed by atoms with Gasteiger partial charge in [-0.2, -0.15) is 0 Å². The van der Waals surface area contributed by atoms with Crippen molar-refractivity contribution in [2.75, 3.05) is 0 Å². The van der Waals surface area contributed by atoms with Gasteiger partial charge in [0.1, 0.15) is 10.1 Å². The first-order chi connectivity index (χ1) is 10.9. The SMILES string of the molecule is CCCCCCCCCCC(C)Cc1ccc(S(=O)(=O)[O-])cc1.[Na+]. The summed E-state index contributed by atoms with van der Waals surface area (Å²) in [6.45, 7) is 4.48. The minimum atomic E-state index is -4.33.